The molecule has 4 nitrogen and oxygen atoms in total. The molecule has 17 heavy (non-hydrogen) atoms. The van der Waals surface area contributed by atoms with Gasteiger partial charge in [0, 0.05) is 32.2 Å². The van der Waals surface area contributed by atoms with Gasteiger partial charge in [-0.3, -0.25) is 0 Å². The minimum absolute atomic E-state index is 0.286. The van der Waals surface area contributed by atoms with Gasteiger partial charge in [0.05, 0.1) is 17.1 Å². The van der Waals surface area contributed by atoms with Crippen LogP contribution >= 0.6 is 0 Å². The highest BCUT2D eigenvalue weighted by molar-refractivity contribution is 5.17. The maximum atomic E-state index is 11.1. The van der Waals surface area contributed by atoms with Crippen molar-refractivity contribution in [2.24, 2.45) is 11.3 Å². The number of nitrogens with zero attached hydrogens (tertiary/aromatic N) is 2. The van der Waals surface area contributed by atoms with Crippen molar-refractivity contribution >= 4 is 0 Å². The second-order valence-corrected chi connectivity index (χ2v) is 5.77. The van der Waals surface area contributed by atoms with Gasteiger partial charge in [0.15, 0.2) is 0 Å². The van der Waals surface area contributed by atoms with Gasteiger partial charge in [-0.1, -0.05) is 0 Å². The summed E-state index contributed by atoms with van der Waals surface area (Å²) in [5, 5.41) is 20.7. The van der Waals surface area contributed by atoms with Crippen molar-refractivity contribution < 1.29 is 9.84 Å². The molecule has 0 radical (unpaired) electrons. The lowest BCUT2D eigenvalue weighted by atomic mass is 9.60. The fourth-order valence-electron chi connectivity index (χ4n) is 3.95. The molecular formula is C13H20N2O2. The Balaban J connectivity index is 1.92. The number of rotatable bonds is 1. The Hall–Kier alpha value is -0.630. The van der Waals surface area contributed by atoms with Crippen LogP contribution < -0.4 is 0 Å². The van der Waals surface area contributed by atoms with E-state index in [1.165, 1.54) is 0 Å². The zero-order chi connectivity index (χ0) is 11.9. The number of hydrogen-bond acceptors (Lipinski definition) is 4. The van der Waals surface area contributed by atoms with E-state index in [9.17, 15) is 10.4 Å². The highest BCUT2D eigenvalue weighted by Gasteiger charge is 2.58. The van der Waals surface area contributed by atoms with Crippen molar-refractivity contribution in [2.75, 3.05) is 32.8 Å². The Morgan fingerprint density at radius 1 is 1.24 bits per heavy atom. The number of nitriles is 1. The fraction of sp³-hybridized carbons (Fsp3) is 0.923. The van der Waals surface area contributed by atoms with Crippen LogP contribution in [0.1, 0.15) is 25.7 Å². The Kier molecular flexibility index (Phi) is 2.66. The van der Waals surface area contributed by atoms with Crippen LogP contribution in [-0.2, 0) is 4.74 Å². The number of aliphatic hydroxyl groups is 1. The maximum Gasteiger partial charge on any atom is 0.0907 e. The molecule has 2 bridgehead atoms. The Labute approximate surface area is 102 Å². The average molecular weight is 236 g/mol. The smallest absolute Gasteiger partial charge is 0.0907 e. The van der Waals surface area contributed by atoms with Crippen LogP contribution in [0.15, 0.2) is 0 Å². The van der Waals surface area contributed by atoms with Gasteiger partial charge < -0.3 is 14.7 Å². The van der Waals surface area contributed by atoms with E-state index < -0.39 is 11.0 Å². The highest BCUT2D eigenvalue weighted by Crippen LogP contribution is 2.51. The van der Waals surface area contributed by atoms with Crippen molar-refractivity contribution in [3.63, 3.8) is 0 Å². The molecule has 3 unspecified atom stereocenters. The monoisotopic (exact) mass is 236 g/mol. The SMILES string of the molecule is N#CC1(C2(O)CCN3CCC2C3)CCOCC1. The summed E-state index contributed by atoms with van der Waals surface area (Å²) in [5.41, 5.74) is -1.34. The molecular weight excluding hydrogens is 216 g/mol. The van der Waals surface area contributed by atoms with Crippen LogP contribution in [0.2, 0.25) is 0 Å². The quantitative estimate of drug-likeness (QED) is 0.730. The summed E-state index contributed by atoms with van der Waals surface area (Å²) in [6.45, 7) is 4.24. The van der Waals surface area contributed by atoms with Gasteiger partial charge in [-0.25, -0.2) is 0 Å². The number of piperidine rings is 1. The van der Waals surface area contributed by atoms with Gasteiger partial charge in [0.2, 0.25) is 0 Å². The molecule has 3 aliphatic rings. The molecule has 94 valence electrons. The number of ether oxygens (including phenoxy) is 1. The van der Waals surface area contributed by atoms with Gasteiger partial charge in [0.1, 0.15) is 0 Å². The Bertz CT molecular complexity index is 346. The van der Waals surface area contributed by atoms with E-state index in [1.54, 1.807) is 0 Å². The third-order valence-electron chi connectivity index (χ3n) is 5.15. The summed E-state index contributed by atoms with van der Waals surface area (Å²) < 4.78 is 5.37. The Morgan fingerprint density at radius 3 is 2.71 bits per heavy atom. The predicted octanol–water partition coefficient (Wildman–Crippen LogP) is 0.763. The maximum absolute atomic E-state index is 11.1. The lowest BCUT2D eigenvalue weighted by molar-refractivity contribution is -0.151. The van der Waals surface area contributed by atoms with E-state index in [1.807, 2.05) is 0 Å². The van der Waals surface area contributed by atoms with Crippen molar-refractivity contribution in [3.8, 4) is 6.07 Å². The third-order valence-corrected chi connectivity index (χ3v) is 5.15. The summed E-state index contributed by atoms with van der Waals surface area (Å²) >= 11 is 0. The molecule has 3 fully saturated rings. The first-order valence-electron chi connectivity index (χ1n) is 6.64. The second-order valence-electron chi connectivity index (χ2n) is 5.77. The molecule has 3 aliphatic heterocycles. The first-order chi connectivity index (χ1) is 8.20. The second kappa shape index (κ2) is 3.94. The van der Waals surface area contributed by atoms with Crippen molar-refractivity contribution in [1.82, 2.24) is 4.90 Å². The zero-order valence-corrected chi connectivity index (χ0v) is 10.2. The van der Waals surface area contributed by atoms with E-state index in [-0.39, 0.29) is 5.92 Å². The van der Waals surface area contributed by atoms with Gasteiger partial charge in [-0.2, -0.15) is 5.26 Å². The van der Waals surface area contributed by atoms with Gasteiger partial charge >= 0.3 is 0 Å². The lowest BCUT2D eigenvalue weighted by Gasteiger charge is -2.50. The van der Waals surface area contributed by atoms with E-state index in [2.05, 4.69) is 11.0 Å². The summed E-state index contributed by atoms with van der Waals surface area (Å²) in [6.07, 6.45) is 3.18. The van der Waals surface area contributed by atoms with Crippen LogP contribution in [0.3, 0.4) is 0 Å². The standard InChI is InChI=1S/C13H20N2O2/c14-10-12(3-7-17-8-4-12)13(16)2-6-15-5-1-11(13)9-15/h11,16H,1-9H2. The van der Waals surface area contributed by atoms with Crippen LogP contribution in [0.4, 0.5) is 0 Å². The minimum atomic E-state index is -0.779. The zero-order valence-electron chi connectivity index (χ0n) is 10.2. The van der Waals surface area contributed by atoms with Gasteiger partial charge in [0.25, 0.3) is 0 Å². The fourth-order valence-corrected chi connectivity index (χ4v) is 3.95. The van der Waals surface area contributed by atoms with Crippen LogP contribution in [0, 0.1) is 22.7 Å². The molecule has 0 aliphatic carbocycles. The summed E-state index contributed by atoms with van der Waals surface area (Å²) in [7, 11) is 0. The normalized spacial score (nSPS) is 44.2. The first-order valence-corrected chi connectivity index (χ1v) is 6.64. The molecule has 3 heterocycles. The molecule has 0 aromatic rings. The van der Waals surface area contributed by atoms with Crippen molar-refractivity contribution in [1.29, 1.82) is 5.26 Å². The molecule has 3 saturated heterocycles. The summed E-state index contributed by atoms with van der Waals surface area (Å²) in [5.74, 6) is 0.286. The minimum Gasteiger partial charge on any atom is -0.388 e. The summed E-state index contributed by atoms with van der Waals surface area (Å²) in [6, 6.07) is 2.46. The molecule has 0 aromatic carbocycles. The van der Waals surface area contributed by atoms with E-state index in [0.717, 1.165) is 32.5 Å². The molecule has 4 heteroatoms. The van der Waals surface area contributed by atoms with Crippen LogP contribution in [0.25, 0.3) is 0 Å². The van der Waals surface area contributed by atoms with Crippen molar-refractivity contribution in [3.05, 3.63) is 0 Å². The number of hydrogen-bond donors (Lipinski definition) is 1. The molecule has 0 spiro atoms. The molecule has 3 rings (SSSR count). The predicted molar refractivity (Wildman–Crippen MR) is 62.2 cm³/mol. The van der Waals surface area contributed by atoms with Crippen LogP contribution in [-0.4, -0.2) is 48.5 Å². The van der Waals surface area contributed by atoms with E-state index >= 15 is 0 Å². The molecule has 0 amide bonds. The lowest BCUT2D eigenvalue weighted by Crippen LogP contribution is -2.59. The molecule has 0 saturated carbocycles. The molecule has 1 N–H and O–H groups in total. The highest BCUT2D eigenvalue weighted by atomic mass is 16.5. The van der Waals surface area contributed by atoms with Crippen LogP contribution in [0.5, 0.6) is 0 Å². The largest absolute Gasteiger partial charge is 0.388 e. The van der Waals surface area contributed by atoms with Crippen molar-refractivity contribution in [2.45, 2.75) is 31.3 Å². The van der Waals surface area contributed by atoms with Gasteiger partial charge in [-0.05, 0) is 32.2 Å². The van der Waals surface area contributed by atoms with E-state index in [4.69, 9.17) is 4.74 Å². The molecule has 3 atom stereocenters. The summed E-state index contributed by atoms with van der Waals surface area (Å²) in [4.78, 5) is 2.41. The first kappa shape index (κ1) is 11.5. The number of fused-ring (bicyclic) bond motifs is 2. The van der Waals surface area contributed by atoms with E-state index in [0.29, 0.717) is 26.1 Å². The third kappa shape index (κ3) is 1.53. The average Bonchev–Trinajstić information content (AvgIpc) is 2.80. The topological polar surface area (TPSA) is 56.5 Å². The van der Waals surface area contributed by atoms with Gasteiger partial charge in [-0.15, -0.1) is 0 Å². The molecule has 0 aromatic heterocycles. The Morgan fingerprint density at radius 2 is 2.00 bits per heavy atom.